The number of hydrogen-bond acceptors (Lipinski definition) is 4. The lowest BCUT2D eigenvalue weighted by Crippen LogP contribution is -1.98. The van der Waals surface area contributed by atoms with E-state index in [1.165, 1.54) is 0 Å². The number of benzene rings is 2. The Bertz CT molecular complexity index is 837. The van der Waals surface area contributed by atoms with Gasteiger partial charge in [0.05, 0.1) is 29.9 Å². The summed E-state index contributed by atoms with van der Waals surface area (Å²) in [6.07, 6.45) is 0. The molecule has 0 radical (unpaired) electrons. The maximum Gasteiger partial charge on any atom is 0.142 e. The largest absolute Gasteiger partial charge is 0.495 e. The average molecular weight is 275 g/mol. The Kier molecular flexibility index (Phi) is 3.40. The van der Waals surface area contributed by atoms with Crippen LogP contribution in [0.5, 0.6) is 5.75 Å². The van der Waals surface area contributed by atoms with Gasteiger partial charge in [-0.3, -0.25) is 0 Å². The first-order chi connectivity index (χ1) is 10.3. The number of nitrogens with one attached hydrogen (secondary N) is 1. The minimum atomic E-state index is 0.595. The van der Waals surface area contributed by atoms with Gasteiger partial charge in [-0.25, -0.2) is 4.98 Å². The zero-order valence-electron chi connectivity index (χ0n) is 11.5. The first-order valence-electron chi connectivity index (χ1n) is 6.52. The van der Waals surface area contributed by atoms with Crippen LogP contribution in [0, 0.1) is 11.3 Å². The number of methoxy groups -OCH3 is 1. The molecule has 1 N–H and O–H groups in total. The molecule has 4 heteroatoms. The summed E-state index contributed by atoms with van der Waals surface area (Å²) in [6.45, 7) is 0. The van der Waals surface area contributed by atoms with Crippen LogP contribution in [-0.2, 0) is 0 Å². The predicted molar refractivity (Wildman–Crippen MR) is 82.7 cm³/mol. The Morgan fingerprint density at radius 1 is 1.10 bits per heavy atom. The Morgan fingerprint density at radius 2 is 1.86 bits per heavy atom. The molecule has 0 saturated heterocycles. The second-order valence-electron chi connectivity index (χ2n) is 4.51. The lowest BCUT2D eigenvalue weighted by atomic mass is 10.1. The number of pyridine rings is 1. The molecule has 3 rings (SSSR count). The molecule has 0 saturated carbocycles. The minimum Gasteiger partial charge on any atom is -0.495 e. The Hall–Kier alpha value is -3.06. The third kappa shape index (κ3) is 2.49. The average Bonchev–Trinajstić information content (AvgIpc) is 2.54. The summed E-state index contributed by atoms with van der Waals surface area (Å²) in [5.74, 6) is 1.35. The Morgan fingerprint density at radius 3 is 2.67 bits per heavy atom. The summed E-state index contributed by atoms with van der Waals surface area (Å²) in [6, 6.07) is 19.1. The number of hydrogen-bond donors (Lipinski definition) is 1. The van der Waals surface area contributed by atoms with Gasteiger partial charge in [-0.15, -0.1) is 0 Å². The molecule has 0 unspecified atom stereocenters. The lowest BCUT2D eigenvalue weighted by molar-refractivity contribution is 0.417. The van der Waals surface area contributed by atoms with E-state index in [1.807, 2.05) is 48.5 Å². The summed E-state index contributed by atoms with van der Waals surface area (Å²) in [4.78, 5) is 4.54. The SMILES string of the molecule is COc1ccccc1Nc1cc(C#N)c2ccccc2n1. The normalized spacial score (nSPS) is 10.1. The number of nitriles is 1. The molecule has 0 atom stereocenters. The molecule has 0 bridgehead atoms. The zero-order valence-corrected chi connectivity index (χ0v) is 11.5. The van der Waals surface area contributed by atoms with E-state index in [1.54, 1.807) is 13.2 Å². The first kappa shape index (κ1) is 12.9. The third-order valence-corrected chi connectivity index (χ3v) is 3.21. The van der Waals surface area contributed by atoms with Crippen molar-refractivity contribution in [1.82, 2.24) is 4.98 Å². The number of para-hydroxylation sites is 3. The standard InChI is InChI=1S/C17H13N3O/c1-21-16-9-5-4-8-15(16)20-17-10-12(11-18)13-6-2-3-7-14(13)19-17/h2-10H,1H3,(H,19,20). The van der Waals surface area contributed by atoms with E-state index < -0.39 is 0 Å². The molecule has 0 aliphatic rings. The van der Waals surface area contributed by atoms with Crippen LogP contribution in [0.3, 0.4) is 0 Å². The maximum absolute atomic E-state index is 9.30. The first-order valence-corrected chi connectivity index (χ1v) is 6.52. The van der Waals surface area contributed by atoms with Gasteiger partial charge in [0, 0.05) is 5.39 Å². The van der Waals surface area contributed by atoms with Gasteiger partial charge < -0.3 is 10.1 Å². The van der Waals surface area contributed by atoms with Crippen LogP contribution in [0.2, 0.25) is 0 Å². The second kappa shape index (κ2) is 5.51. The van der Waals surface area contributed by atoms with Crippen molar-refractivity contribution in [3.63, 3.8) is 0 Å². The molecule has 0 spiro atoms. The van der Waals surface area contributed by atoms with Crippen molar-refractivity contribution < 1.29 is 4.74 Å². The number of ether oxygens (including phenoxy) is 1. The van der Waals surface area contributed by atoms with Gasteiger partial charge in [0.15, 0.2) is 0 Å². The van der Waals surface area contributed by atoms with E-state index in [-0.39, 0.29) is 0 Å². The zero-order chi connectivity index (χ0) is 14.7. The van der Waals surface area contributed by atoms with Crippen molar-refractivity contribution >= 4 is 22.4 Å². The van der Waals surface area contributed by atoms with Gasteiger partial charge >= 0.3 is 0 Å². The fourth-order valence-electron chi connectivity index (χ4n) is 2.22. The predicted octanol–water partition coefficient (Wildman–Crippen LogP) is 3.86. The molecule has 1 heterocycles. The van der Waals surface area contributed by atoms with Gasteiger partial charge in [-0.05, 0) is 24.3 Å². The Labute approximate surface area is 122 Å². The number of anilines is 2. The van der Waals surface area contributed by atoms with Gasteiger partial charge in [-0.1, -0.05) is 30.3 Å². The summed E-state index contributed by atoms with van der Waals surface area (Å²) in [5, 5.41) is 13.4. The molecule has 0 fully saturated rings. The summed E-state index contributed by atoms with van der Waals surface area (Å²) < 4.78 is 5.31. The third-order valence-electron chi connectivity index (χ3n) is 3.21. The minimum absolute atomic E-state index is 0.595. The molecule has 3 aromatic rings. The van der Waals surface area contributed by atoms with E-state index >= 15 is 0 Å². The van der Waals surface area contributed by atoms with Crippen LogP contribution < -0.4 is 10.1 Å². The molecule has 0 amide bonds. The van der Waals surface area contributed by atoms with Crippen molar-refractivity contribution in [3.8, 4) is 11.8 Å². The number of nitrogens with zero attached hydrogens (tertiary/aromatic N) is 2. The van der Waals surface area contributed by atoms with Crippen LogP contribution in [0.4, 0.5) is 11.5 Å². The number of rotatable bonds is 3. The molecular formula is C17H13N3O. The molecule has 102 valence electrons. The highest BCUT2D eigenvalue weighted by Crippen LogP contribution is 2.28. The molecule has 21 heavy (non-hydrogen) atoms. The van der Waals surface area contributed by atoms with E-state index in [4.69, 9.17) is 4.74 Å². The van der Waals surface area contributed by atoms with E-state index in [0.717, 1.165) is 22.3 Å². The molecular weight excluding hydrogens is 262 g/mol. The summed E-state index contributed by atoms with van der Waals surface area (Å²) in [5.41, 5.74) is 2.19. The van der Waals surface area contributed by atoms with Crippen LogP contribution in [-0.4, -0.2) is 12.1 Å². The van der Waals surface area contributed by atoms with Crippen molar-refractivity contribution in [2.75, 3.05) is 12.4 Å². The van der Waals surface area contributed by atoms with Crippen LogP contribution in [0.15, 0.2) is 54.6 Å². The molecule has 4 nitrogen and oxygen atoms in total. The van der Waals surface area contributed by atoms with Crippen LogP contribution in [0.1, 0.15) is 5.56 Å². The summed E-state index contributed by atoms with van der Waals surface area (Å²) >= 11 is 0. The monoisotopic (exact) mass is 275 g/mol. The van der Waals surface area contributed by atoms with E-state index in [2.05, 4.69) is 16.4 Å². The highest BCUT2D eigenvalue weighted by Gasteiger charge is 2.07. The highest BCUT2D eigenvalue weighted by atomic mass is 16.5. The van der Waals surface area contributed by atoms with Crippen molar-refractivity contribution in [2.45, 2.75) is 0 Å². The molecule has 1 aromatic heterocycles. The van der Waals surface area contributed by atoms with Gasteiger partial charge in [0.25, 0.3) is 0 Å². The van der Waals surface area contributed by atoms with Crippen molar-refractivity contribution in [3.05, 3.63) is 60.2 Å². The smallest absolute Gasteiger partial charge is 0.142 e. The lowest BCUT2D eigenvalue weighted by Gasteiger charge is -2.11. The summed E-state index contributed by atoms with van der Waals surface area (Å²) in [7, 11) is 1.62. The fourth-order valence-corrected chi connectivity index (χ4v) is 2.22. The number of aromatic nitrogens is 1. The molecule has 0 aliphatic carbocycles. The van der Waals surface area contributed by atoms with Gasteiger partial charge in [-0.2, -0.15) is 5.26 Å². The van der Waals surface area contributed by atoms with Crippen molar-refractivity contribution in [2.24, 2.45) is 0 Å². The van der Waals surface area contributed by atoms with Gasteiger partial charge in [0.2, 0.25) is 0 Å². The second-order valence-corrected chi connectivity index (χ2v) is 4.51. The highest BCUT2D eigenvalue weighted by molar-refractivity contribution is 5.87. The Balaban J connectivity index is 2.07. The molecule has 0 aliphatic heterocycles. The maximum atomic E-state index is 9.30. The number of fused-ring (bicyclic) bond motifs is 1. The molecule has 2 aromatic carbocycles. The van der Waals surface area contributed by atoms with E-state index in [9.17, 15) is 5.26 Å². The van der Waals surface area contributed by atoms with E-state index in [0.29, 0.717) is 11.4 Å². The van der Waals surface area contributed by atoms with Gasteiger partial charge in [0.1, 0.15) is 11.6 Å². The fraction of sp³-hybridized carbons (Fsp3) is 0.0588. The van der Waals surface area contributed by atoms with Crippen LogP contribution in [0.25, 0.3) is 10.9 Å². The van der Waals surface area contributed by atoms with Crippen molar-refractivity contribution in [1.29, 1.82) is 5.26 Å². The quantitative estimate of drug-likeness (QED) is 0.788. The topological polar surface area (TPSA) is 57.9 Å². The van der Waals surface area contributed by atoms with Crippen LogP contribution >= 0.6 is 0 Å².